The zero-order chi connectivity index (χ0) is 25.9. The molecule has 5 amide bonds. The highest BCUT2D eigenvalue weighted by Gasteiger charge is 2.45. The highest BCUT2D eigenvalue weighted by atomic mass is 16.6. The van der Waals surface area contributed by atoms with Crippen LogP contribution >= 0.6 is 0 Å². The Morgan fingerprint density at radius 1 is 1.00 bits per heavy atom. The monoisotopic (exact) mass is 501 g/mol. The number of ether oxygens (including phenoxy) is 4. The molecule has 2 N–H and O–H groups in total. The van der Waals surface area contributed by atoms with Gasteiger partial charge in [0.15, 0.2) is 0 Å². The number of hydrogen-bond acceptors (Lipinski definition) is 9. The SMILES string of the molecule is C#CCOCCOCCOCCOCC(=O)Nc1cccc2c1C(=O)N(C1CCC(=O)NC1=O)C2=O. The second-order valence-electron chi connectivity index (χ2n) is 7.76. The van der Waals surface area contributed by atoms with E-state index in [-0.39, 0.29) is 56.1 Å². The first-order valence-electron chi connectivity index (χ1n) is 11.3. The number of fused-ring (bicyclic) bond motifs is 1. The average Bonchev–Trinajstić information content (AvgIpc) is 3.10. The second-order valence-corrected chi connectivity index (χ2v) is 7.76. The number of carbonyl (C=O) groups is 5. The van der Waals surface area contributed by atoms with Crippen molar-refractivity contribution < 1.29 is 42.9 Å². The number of amides is 5. The minimum atomic E-state index is -1.09. The Balaban J connectivity index is 1.41. The Kier molecular flexibility index (Phi) is 10.1. The third kappa shape index (κ3) is 6.96. The van der Waals surface area contributed by atoms with Gasteiger partial charge in [-0.05, 0) is 18.6 Å². The van der Waals surface area contributed by atoms with Crippen LogP contribution in [-0.4, -0.2) is 93.3 Å². The second kappa shape index (κ2) is 13.5. The van der Waals surface area contributed by atoms with Gasteiger partial charge in [-0.15, -0.1) is 6.42 Å². The Hall–Kier alpha value is -3.63. The highest BCUT2D eigenvalue weighted by molar-refractivity contribution is 6.26. The lowest BCUT2D eigenvalue weighted by Gasteiger charge is -2.27. The van der Waals surface area contributed by atoms with Crippen LogP contribution in [0.25, 0.3) is 0 Å². The first-order valence-corrected chi connectivity index (χ1v) is 11.3. The van der Waals surface area contributed by atoms with E-state index in [9.17, 15) is 24.0 Å². The minimum absolute atomic E-state index is 0.00595. The van der Waals surface area contributed by atoms with Crippen molar-refractivity contribution in [2.24, 2.45) is 0 Å². The number of nitrogens with one attached hydrogen (secondary N) is 2. The predicted octanol–water partition coefficient (Wildman–Crippen LogP) is -0.274. The summed E-state index contributed by atoms with van der Waals surface area (Å²) in [6.07, 6.45) is 5.12. The summed E-state index contributed by atoms with van der Waals surface area (Å²) in [6, 6.07) is 3.36. The van der Waals surface area contributed by atoms with Crippen LogP contribution < -0.4 is 10.6 Å². The van der Waals surface area contributed by atoms with Crippen LogP contribution in [0.5, 0.6) is 0 Å². The molecule has 0 bridgehead atoms. The quantitative estimate of drug-likeness (QED) is 0.199. The van der Waals surface area contributed by atoms with Gasteiger partial charge in [0.2, 0.25) is 17.7 Å². The molecule has 3 rings (SSSR count). The van der Waals surface area contributed by atoms with Crippen LogP contribution in [0.3, 0.4) is 0 Å². The molecule has 192 valence electrons. The van der Waals surface area contributed by atoms with E-state index >= 15 is 0 Å². The van der Waals surface area contributed by atoms with Crippen LogP contribution in [0.4, 0.5) is 5.69 Å². The van der Waals surface area contributed by atoms with E-state index in [1.54, 1.807) is 0 Å². The lowest BCUT2D eigenvalue weighted by atomic mass is 10.0. The molecule has 0 radical (unpaired) electrons. The maximum atomic E-state index is 13.0. The number of imide groups is 2. The Bertz CT molecular complexity index is 1050. The van der Waals surface area contributed by atoms with Gasteiger partial charge < -0.3 is 24.3 Å². The summed E-state index contributed by atoms with van der Waals surface area (Å²) >= 11 is 0. The summed E-state index contributed by atoms with van der Waals surface area (Å²) in [5.41, 5.74) is 0.198. The van der Waals surface area contributed by atoms with Crippen LogP contribution in [0.1, 0.15) is 33.6 Å². The lowest BCUT2D eigenvalue weighted by Crippen LogP contribution is -2.54. The fraction of sp³-hybridized carbons (Fsp3) is 0.458. The van der Waals surface area contributed by atoms with E-state index in [4.69, 9.17) is 25.4 Å². The van der Waals surface area contributed by atoms with Crippen molar-refractivity contribution in [3.63, 3.8) is 0 Å². The number of piperidine rings is 1. The smallest absolute Gasteiger partial charge is 0.264 e. The molecule has 1 fully saturated rings. The molecule has 12 nitrogen and oxygen atoms in total. The summed E-state index contributed by atoms with van der Waals surface area (Å²) in [6.45, 7) is 1.89. The normalized spacial score (nSPS) is 17.1. The highest BCUT2D eigenvalue weighted by Crippen LogP contribution is 2.32. The van der Waals surface area contributed by atoms with E-state index in [1.165, 1.54) is 18.2 Å². The van der Waals surface area contributed by atoms with Crippen LogP contribution in [0.2, 0.25) is 0 Å². The molecule has 0 aromatic heterocycles. The zero-order valence-electron chi connectivity index (χ0n) is 19.6. The number of anilines is 1. The molecule has 2 heterocycles. The van der Waals surface area contributed by atoms with Gasteiger partial charge >= 0.3 is 0 Å². The van der Waals surface area contributed by atoms with Crippen molar-refractivity contribution in [3.8, 4) is 12.3 Å². The lowest BCUT2D eigenvalue weighted by molar-refractivity contribution is -0.136. The summed E-state index contributed by atoms with van der Waals surface area (Å²) in [4.78, 5) is 62.6. The van der Waals surface area contributed by atoms with Gasteiger partial charge in [0.25, 0.3) is 11.8 Å². The number of hydrogen-bond donors (Lipinski definition) is 2. The third-order valence-electron chi connectivity index (χ3n) is 5.28. The number of nitrogens with zero attached hydrogens (tertiary/aromatic N) is 1. The van der Waals surface area contributed by atoms with Crippen molar-refractivity contribution in [2.75, 3.05) is 58.2 Å². The van der Waals surface area contributed by atoms with Gasteiger partial charge in [0.05, 0.1) is 56.5 Å². The Labute approximate surface area is 207 Å². The van der Waals surface area contributed by atoms with E-state index in [0.717, 1.165) is 4.90 Å². The number of rotatable bonds is 14. The first kappa shape index (κ1) is 27.0. The van der Waals surface area contributed by atoms with Crippen molar-refractivity contribution in [2.45, 2.75) is 18.9 Å². The largest absolute Gasteiger partial charge is 0.377 e. The average molecular weight is 501 g/mol. The first-order chi connectivity index (χ1) is 17.4. The van der Waals surface area contributed by atoms with Gasteiger partial charge in [0, 0.05) is 6.42 Å². The molecule has 0 spiro atoms. The summed E-state index contributed by atoms with van der Waals surface area (Å²) in [5.74, 6) is -0.702. The molecule has 1 aromatic carbocycles. The third-order valence-corrected chi connectivity index (χ3v) is 5.28. The van der Waals surface area contributed by atoms with E-state index in [0.29, 0.717) is 26.4 Å². The molecular weight excluding hydrogens is 474 g/mol. The molecule has 12 heteroatoms. The molecule has 0 aliphatic carbocycles. The molecule has 1 aromatic rings. The molecule has 1 unspecified atom stereocenters. The summed E-state index contributed by atoms with van der Waals surface area (Å²) in [7, 11) is 0. The van der Waals surface area contributed by atoms with Crippen molar-refractivity contribution >= 4 is 35.2 Å². The van der Waals surface area contributed by atoms with Gasteiger partial charge in [-0.2, -0.15) is 0 Å². The van der Waals surface area contributed by atoms with Gasteiger partial charge in [-0.3, -0.25) is 34.2 Å². The molecular formula is C24H27N3O9. The maximum absolute atomic E-state index is 13.0. The summed E-state index contributed by atoms with van der Waals surface area (Å²) < 4.78 is 21.0. The number of terminal acetylenes is 1. The zero-order valence-corrected chi connectivity index (χ0v) is 19.6. The van der Waals surface area contributed by atoms with Gasteiger partial charge in [-0.1, -0.05) is 12.0 Å². The number of benzene rings is 1. The van der Waals surface area contributed by atoms with E-state index < -0.39 is 35.6 Å². The molecule has 2 aliphatic heterocycles. The topological polar surface area (TPSA) is 150 Å². The minimum Gasteiger partial charge on any atom is -0.377 e. The van der Waals surface area contributed by atoms with Crippen molar-refractivity contribution in [1.29, 1.82) is 0 Å². The fourth-order valence-corrected chi connectivity index (χ4v) is 3.66. The Morgan fingerprint density at radius 3 is 2.33 bits per heavy atom. The van der Waals surface area contributed by atoms with Crippen LogP contribution in [0, 0.1) is 12.3 Å². The van der Waals surface area contributed by atoms with E-state index in [2.05, 4.69) is 16.6 Å². The van der Waals surface area contributed by atoms with Gasteiger partial charge in [0.1, 0.15) is 19.3 Å². The summed E-state index contributed by atoms with van der Waals surface area (Å²) in [5, 5.41) is 4.71. The predicted molar refractivity (Wildman–Crippen MR) is 124 cm³/mol. The maximum Gasteiger partial charge on any atom is 0.264 e. The van der Waals surface area contributed by atoms with E-state index in [1.807, 2.05) is 0 Å². The van der Waals surface area contributed by atoms with Crippen LogP contribution in [0.15, 0.2) is 18.2 Å². The van der Waals surface area contributed by atoms with Gasteiger partial charge in [-0.25, -0.2) is 0 Å². The fourth-order valence-electron chi connectivity index (χ4n) is 3.66. The molecule has 2 aliphatic rings. The molecule has 1 saturated heterocycles. The van der Waals surface area contributed by atoms with Crippen LogP contribution in [-0.2, 0) is 33.3 Å². The van der Waals surface area contributed by atoms with Crippen molar-refractivity contribution in [1.82, 2.24) is 10.2 Å². The standard InChI is InChI=1S/C24H27N3O9/c1-2-8-33-9-10-34-11-12-35-13-14-36-15-20(29)25-17-5-3-4-16-21(17)24(32)27(23(16)31)18-6-7-19(28)26-22(18)30/h1,3-5,18H,6-15H2,(H,25,29)(H,26,28,30). The molecule has 0 saturated carbocycles. The Morgan fingerprint density at radius 2 is 1.67 bits per heavy atom. The number of carbonyl (C=O) groups excluding carboxylic acids is 5. The van der Waals surface area contributed by atoms with Crippen molar-refractivity contribution in [3.05, 3.63) is 29.3 Å². The molecule has 1 atom stereocenters. The molecule has 36 heavy (non-hydrogen) atoms.